The molecule has 0 aromatic heterocycles. The molecule has 60 valence electrons. The van der Waals surface area contributed by atoms with Crippen LogP contribution in [-0.4, -0.2) is 12.1 Å². The third kappa shape index (κ3) is 1.01. The topological polar surface area (TPSA) is 34.1 Å². The second-order valence-corrected chi connectivity index (χ2v) is 3.75. The van der Waals surface area contributed by atoms with Crippen molar-refractivity contribution in [2.24, 2.45) is 17.8 Å². The van der Waals surface area contributed by atoms with Crippen LogP contribution in [0.2, 0.25) is 0 Å². The van der Waals surface area contributed by atoms with Crippen LogP contribution in [0.5, 0.6) is 0 Å². The monoisotopic (exact) mass is 152 g/mol. The Morgan fingerprint density at radius 3 is 2.82 bits per heavy atom. The molecule has 11 heavy (non-hydrogen) atoms. The summed E-state index contributed by atoms with van der Waals surface area (Å²) in [4.78, 5) is 21.5. The molecule has 2 saturated carbocycles. The van der Waals surface area contributed by atoms with Gasteiger partial charge in [-0.2, -0.15) is 0 Å². The van der Waals surface area contributed by atoms with Crippen LogP contribution in [0.25, 0.3) is 0 Å². The molecule has 0 spiro atoms. The fourth-order valence-electron chi connectivity index (χ4n) is 2.56. The first kappa shape index (κ1) is 7.01. The minimum atomic E-state index is 0.200. The van der Waals surface area contributed by atoms with Gasteiger partial charge >= 0.3 is 0 Å². The molecule has 2 nitrogen and oxygen atoms in total. The number of hydrogen-bond acceptors (Lipinski definition) is 2. The summed E-state index contributed by atoms with van der Waals surface area (Å²) in [5, 5.41) is 0. The number of carbonyl (C=O) groups is 2. The number of fused-ring (bicyclic) bond motifs is 1. The van der Waals surface area contributed by atoms with E-state index in [0.717, 1.165) is 25.5 Å². The minimum absolute atomic E-state index is 0.200. The Hall–Kier alpha value is -0.660. The van der Waals surface area contributed by atoms with E-state index in [1.54, 1.807) is 0 Å². The van der Waals surface area contributed by atoms with Gasteiger partial charge in [-0.3, -0.25) is 4.79 Å². The van der Waals surface area contributed by atoms with E-state index in [-0.39, 0.29) is 5.92 Å². The molecule has 0 N–H and O–H groups in total. The zero-order valence-corrected chi connectivity index (χ0v) is 6.45. The molecule has 2 rings (SSSR count). The summed E-state index contributed by atoms with van der Waals surface area (Å²) in [7, 11) is 0. The highest BCUT2D eigenvalue weighted by molar-refractivity contribution is 5.82. The van der Waals surface area contributed by atoms with Gasteiger partial charge in [-0.05, 0) is 24.7 Å². The predicted octanol–water partition coefficient (Wildman–Crippen LogP) is 1.19. The third-order valence-electron chi connectivity index (χ3n) is 3.15. The van der Waals surface area contributed by atoms with Crippen molar-refractivity contribution >= 4 is 12.1 Å². The van der Waals surface area contributed by atoms with E-state index in [0.29, 0.717) is 24.0 Å². The van der Waals surface area contributed by atoms with Gasteiger partial charge in [0, 0.05) is 18.8 Å². The third-order valence-corrected chi connectivity index (χ3v) is 3.15. The number of hydrogen-bond donors (Lipinski definition) is 0. The zero-order chi connectivity index (χ0) is 7.84. The Morgan fingerprint density at radius 1 is 1.27 bits per heavy atom. The fourth-order valence-corrected chi connectivity index (χ4v) is 2.56. The molecule has 0 bridgehead atoms. The van der Waals surface area contributed by atoms with Crippen molar-refractivity contribution in [3.05, 3.63) is 0 Å². The maximum atomic E-state index is 11.0. The van der Waals surface area contributed by atoms with Crippen molar-refractivity contribution in [1.29, 1.82) is 0 Å². The van der Waals surface area contributed by atoms with Crippen molar-refractivity contribution in [2.75, 3.05) is 0 Å². The lowest BCUT2D eigenvalue weighted by Crippen LogP contribution is -2.10. The van der Waals surface area contributed by atoms with Crippen molar-refractivity contribution in [2.45, 2.75) is 25.7 Å². The van der Waals surface area contributed by atoms with Gasteiger partial charge in [-0.15, -0.1) is 0 Å². The number of carbonyl (C=O) groups excluding carboxylic acids is 2. The van der Waals surface area contributed by atoms with Crippen molar-refractivity contribution < 1.29 is 9.59 Å². The van der Waals surface area contributed by atoms with Crippen LogP contribution >= 0.6 is 0 Å². The second-order valence-electron chi connectivity index (χ2n) is 3.75. The number of aldehydes is 1. The van der Waals surface area contributed by atoms with Gasteiger partial charge in [-0.25, -0.2) is 0 Å². The molecule has 2 aliphatic rings. The SMILES string of the molecule is O=C[C@@H]1CC[C@@H]2CC(=O)C[C@H]21. The van der Waals surface area contributed by atoms with Crippen LogP contribution in [0.15, 0.2) is 0 Å². The summed E-state index contributed by atoms with van der Waals surface area (Å²) in [6.07, 6.45) is 4.58. The normalized spacial score (nSPS) is 42.5. The molecule has 0 heterocycles. The standard InChI is InChI=1S/C9H12O2/c10-5-7-2-1-6-3-8(11)4-9(6)7/h5-7,9H,1-4H2/t6-,7+,9-/m1/s1. The van der Waals surface area contributed by atoms with Gasteiger partial charge in [0.25, 0.3) is 0 Å². The Labute approximate surface area is 66.0 Å². The fraction of sp³-hybridized carbons (Fsp3) is 0.778. The lowest BCUT2D eigenvalue weighted by Gasteiger charge is -2.09. The first-order valence-corrected chi connectivity index (χ1v) is 4.28. The summed E-state index contributed by atoms with van der Waals surface area (Å²) >= 11 is 0. The van der Waals surface area contributed by atoms with E-state index in [9.17, 15) is 9.59 Å². The summed E-state index contributed by atoms with van der Waals surface area (Å²) < 4.78 is 0. The Morgan fingerprint density at radius 2 is 2.09 bits per heavy atom. The van der Waals surface area contributed by atoms with E-state index in [4.69, 9.17) is 0 Å². The number of Topliss-reactive ketones (excluding diaryl/α,β-unsaturated/α-hetero) is 1. The van der Waals surface area contributed by atoms with Gasteiger partial charge in [-0.1, -0.05) is 0 Å². The molecule has 3 atom stereocenters. The molecule has 0 saturated heterocycles. The van der Waals surface area contributed by atoms with E-state index in [2.05, 4.69) is 0 Å². The lowest BCUT2D eigenvalue weighted by atomic mass is 9.93. The van der Waals surface area contributed by atoms with Crippen molar-refractivity contribution in [3.8, 4) is 0 Å². The Balaban J connectivity index is 2.12. The molecule has 0 aromatic carbocycles. The van der Waals surface area contributed by atoms with Crippen LogP contribution in [0, 0.1) is 17.8 Å². The van der Waals surface area contributed by atoms with Gasteiger partial charge in [0.05, 0.1) is 0 Å². The smallest absolute Gasteiger partial charge is 0.133 e. The Bertz CT molecular complexity index is 198. The van der Waals surface area contributed by atoms with Crippen LogP contribution in [0.3, 0.4) is 0 Å². The van der Waals surface area contributed by atoms with Crippen LogP contribution in [0.4, 0.5) is 0 Å². The number of ketones is 1. The molecular weight excluding hydrogens is 140 g/mol. The van der Waals surface area contributed by atoms with Crippen LogP contribution in [0.1, 0.15) is 25.7 Å². The van der Waals surface area contributed by atoms with E-state index in [1.807, 2.05) is 0 Å². The summed E-state index contributed by atoms with van der Waals surface area (Å²) in [6.45, 7) is 0. The quantitative estimate of drug-likeness (QED) is 0.529. The van der Waals surface area contributed by atoms with Gasteiger partial charge in [0.1, 0.15) is 12.1 Å². The van der Waals surface area contributed by atoms with Gasteiger partial charge < -0.3 is 4.79 Å². The average molecular weight is 152 g/mol. The number of rotatable bonds is 1. The maximum absolute atomic E-state index is 11.0. The highest BCUT2D eigenvalue weighted by Crippen LogP contribution is 2.45. The van der Waals surface area contributed by atoms with E-state index < -0.39 is 0 Å². The molecule has 2 aliphatic carbocycles. The van der Waals surface area contributed by atoms with Gasteiger partial charge in [0.2, 0.25) is 0 Å². The van der Waals surface area contributed by atoms with Gasteiger partial charge in [0.15, 0.2) is 0 Å². The largest absolute Gasteiger partial charge is 0.303 e. The predicted molar refractivity (Wildman–Crippen MR) is 40.0 cm³/mol. The average Bonchev–Trinajstić information content (AvgIpc) is 2.45. The molecule has 0 unspecified atom stereocenters. The summed E-state index contributed by atoms with van der Waals surface area (Å²) in [5.41, 5.74) is 0. The molecule has 0 radical (unpaired) electrons. The van der Waals surface area contributed by atoms with Crippen molar-refractivity contribution in [3.63, 3.8) is 0 Å². The van der Waals surface area contributed by atoms with Crippen LogP contribution in [-0.2, 0) is 9.59 Å². The molecule has 0 amide bonds. The highest BCUT2D eigenvalue weighted by Gasteiger charge is 2.42. The first-order valence-electron chi connectivity index (χ1n) is 4.28. The zero-order valence-electron chi connectivity index (χ0n) is 6.45. The van der Waals surface area contributed by atoms with Crippen LogP contribution < -0.4 is 0 Å². The molecule has 2 heteroatoms. The molecular formula is C9H12O2. The summed E-state index contributed by atoms with van der Waals surface area (Å²) in [5.74, 6) is 1.54. The van der Waals surface area contributed by atoms with E-state index >= 15 is 0 Å². The second kappa shape index (κ2) is 2.43. The molecule has 0 aliphatic heterocycles. The van der Waals surface area contributed by atoms with E-state index in [1.165, 1.54) is 0 Å². The lowest BCUT2D eigenvalue weighted by molar-refractivity contribution is -0.118. The highest BCUT2D eigenvalue weighted by atomic mass is 16.1. The first-order chi connectivity index (χ1) is 5.31. The molecule has 2 fully saturated rings. The Kier molecular flexibility index (Phi) is 1.55. The summed E-state index contributed by atoms with van der Waals surface area (Å²) in [6, 6.07) is 0. The van der Waals surface area contributed by atoms with Crippen molar-refractivity contribution in [1.82, 2.24) is 0 Å². The molecule has 0 aromatic rings. The maximum Gasteiger partial charge on any atom is 0.133 e. The minimum Gasteiger partial charge on any atom is -0.303 e.